The Bertz CT molecular complexity index is 8970. The van der Waals surface area contributed by atoms with Crippen molar-refractivity contribution in [2.45, 2.75) is 23.6 Å². The summed E-state index contributed by atoms with van der Waals surface area (Å²) in [4.78, 5) is 17.2. The first-order valence-electron chi connectivity index (χ1n) is 51.5. The van der Waals surface area contributed by atoms with Crippen molar-refractivity contribution in [1.82, 2.24) is 0 Å². The van der Waals surface area contributed by atoms with Gasteiger partial charge in [0.1, 0.15) is 34.5 Å². The highest BCUT2D eigenvalue weighted by molar-refractivity contribution is 8.00. The number of para-hydroxylation sites is 11. The van der Waals surface area contributed by atoms with Crippen LogP contribution in [0.2, 0.25) is 0 Å². The average Bonchev–Trinajstić information content (AvgIpc) is 0.696. The third kappa shape index (κ3) is 15.2. The molecule has 0 radical (unpaired) electrons. The van der Waals surface area contributed by atoms with E-state index >= 15 is 0 Å². The number of hydrogen-bond acceptors (Lipinski definition) is 10. The van der Waals surface area contributed by atoms with Gasteiger partial charge in [0.25, 0.3) is 26.9 Å². The van der Waals surface area contributed by atoms with E-state index in [9.17, 15) is 0 Å². The summed E-state index contributed by atoms with van der Waals surface area (Å²) in [7, 11) is 0. The van der Waals surface area contributed by atoms with Crippen LogP contribution in [-0.4, -0.2) is 26.9 Å². The normalized spacial score (nSPS) is 12.9. The van der Waals surface area contributed by atoms with Gasteiger partial charge in [0.2, 0.25) is 0 Å². The summed E-state index contributed by atoms with van der Waals surface area (Å²) in [5.41, 5.74) is 41.4. The van der Waals surface area contributed by atoms with Gasteiger partial charge in [-0.3, -0.25) is 0 Å². The molecule has 8 aliphatic rings. The van der Waals surface area contributed by atoms with Gasteiger partial charge in [-0.25, -0.2) is 0 Å². The van der Waals surface area contributed by atoms with Crippen LogP contribution in [-0.2, 0) is 0 Å². The quantitative estimate of drug-likeness (QED) is 0.117. The zero-order valence-corrected chi connectivity index (χ0v) is 83.2. The van der Waals surface area contributed by atoms with Gasteiger partial charge < -0.3 is 43.6 Å². The molecule has 23 aromatic carbocycles. The van der Waals surface area contributed by atoms with Crippen LogP contribution in [0.5, 0.6) is 34.5 Å². The molecular formula is C136H94B4N6O3S. The molecular weight excluding hydrogens is 1840 g/mol. The van der Waals surface area contributed by atoms with Crippen LogP contribution in [0.3, 0.4) is 0 Å². The topological polar surface area (TPSA) is 47.1 Å². The SMILES string of the molecule is Cc1ccc(N2c3ccc(C)cc3B3c4ccc(N(c5ccccc5)c5ccccc5)cc4N(c4ccccc4)c4cccc2c43)cc1.c1ccc(N(c2ccccc2)c2ccc(-c3cc4c5c(c3)Oc3ccccc3B5c3ccccc3O4)c3ccccc23)cc1.c1ccc(N2c3ccccc3B3c4c2cccc4N(c2ccccc2)c2ccc4ccccc4c23)cc1.c1ccc2c(c1)Oc1cccc3c1B2c1ccccc1S3. The van der Waals surface area contributed by atoms with Crippen molar-refractivity contribution < 1.29 is 14.2 Å². The summed E-state index contributed by atoms with van der Waals surface area (Å²) in [6.45, 7) is 4.93. The number of aryl methyl sites for hydroxylation is 2. The molecule has 23 aromatic rings. The second-order valence-corrected chi connectivity index (χ2v) is 40.3. The predicted molar refractivity (Wildman–Crippen MR) is 633 cm³/mol. The van der Waals surface area contributed by atoms with Crippen LogP contribution >= 0.6 is 11.8 Å². The molecule has 0 amide bonds. The number of benzene rings is 23. The fourth-order valence-electron chi connectivity index (χ4n) is 24.2. The van der Waals surface area contributed by atoms with E-state index in [4.69, 9.17) is 14.2 Å². The van der Waals surface area contributed by atoms with Crippen LogP contribution in [0.15, 0.2) is 544 Å². The average molecular weight is 1940 g/mol. The van der Waals surface area contributed by atoms with E-state index in [0.717, 1.165) is 96.3 Å². The molecule has 0 atom stereocenters. The maximum atomic E-state index is 6.60. The number of ether oxygens (including phenoxy) is 3. The standard InChI is InChI=1S/C44H34BN3.C40H26BNO2.C34H23BN2.C18H11BOS/c1-31-21-24-36(25-22-31)47-40-28-23-32(2)29-39(40)45-38-27-26-37(46(33-13-6-3-7-14-33)34-15-8-4-9-16-34)30-43(38)48(35-17-10-5-11-18-35)42-20-12-19-41(47)44(42)45;1-3-13-28(14-4-1)42(29-15-5-2-6-16-29)35-24-23-30(31-17-7-8-18-32(31)35)27-25-38-40-39(26-27)44-37-22-12-10-20-34(37)41(40)33-19-9-11-21-36(33)43-38;1-3-13-25(14-4-1)36-29-19-10-9-18-28(29)35-33-27-17-8-7-12-24(27)22-23-32(33)37(26-15-5-2-6-16-26)31-21-11-20-30(36)34(31)35;1-3-8-14-12(6-1)19-13-7-2-4-10-16(13)21-17-11-5-9-15(20-14)18(17)19/h3-30H,1-2H3;1-26H;1-23H;1-11H. The fraction of sp³-hybridized carbons (Fsp3) is 0.0147. The fourth-order valence-corrected chi connectivity index (χ4v) is 25.3. The van der Waals surface area contributed by atoms with E-state index in [0.29, 0.717) is 6.71 Å². The molecule has 14 heteroatoms. The molecule has 9 nitrogen and oxygen atoms in total. The summed E-state index contributed by atoms with van der Waals surface area (Å²) >= 11 is 1.84. The lowest BCUT2D eigenvalue weighted by Gasteiger charge is -2.44. The summed E-state index contributed by atoms with van der Waals surface area (Å²) in [6, 6.07) is 191. The molecule has 0 saturated carbocycles. The third-order valence-corrected chi connectivity index (χ3v) is 31.7. The molecule has 0 N–H and O–H groups in total. The Morgan fingerprint density at radius 3 is 1.15 bits per heavy atom. The molecule has 8 heterocycles. The minimum absolute atomic E-state index is 0.0633. The van der Waals surface area contributed by atoms with E-state index in [-0.39, 0.29) is 20.1 Å². The van der Waals surface area contributed by atoms with E-state index in [1.54, 1.807) is 0 Å². The maximum Gasteiger partial charge on any atom is 0.260 e. The Kier molecular flexibility index (Phi) is 22.2. The summed E-state index contributed by atoms with van der Waals surface area (Å²) < 4.78 is 19.3. The first kappa shape index (κ1) is 89.0. The van der Waals surface area contributed by atoms with E-state index < -0.39 is 0 Å². The van der Waals surface area contributed by atoms with Gasteiger partial charge in [0.15, 0.2) is 0 Å². The molecule has 0 saturated heterocycles. The van der Waals surface area contributed by atoms with Crippen LogP contribution in [0, 0.1) is 13.8 Å². The van der Waals surface area contributed by atoms with Gasteiger partial charge >= 0.3 is 0 Å². The summed E-state index contributed by atoms with van der Waals surface area (Å²) in [5.74, 6) is 5.46. The van der Waals surface area contributed by atoms with Gasteiger partial charge in [-0.05, 0) is 302 Å². The highest BCUT2D eigenvalue weighted by atomic mass is 32.2. The van der Waals surface area contributed by atoms with Crippen molar-refractivity contribution in [3.05, 3.63) is 545 Å². The third-order valence-electron chi connectivity index (χ3n) is 30.5. The van der Waals surface area contributed by atoms with E-state index in [1.807, 2.05) is 30.0 Å². The Labute approximate surface area is 879 Å². The van der Waals surface area contributed by atoms with Gasteiger partial charge in [0, 0.05) is 117 Å². The van der Waals surface area contributed by atoms with Crippen molar-refractivity contribution in [3.63, 3.8) is 0 Å². The monoisotopic (exact) mass is 1930 g/mol. The van der Waals surface area contributed by atoms with Crippen LogP contribution in [0.1, 0.15) is 11.1 Å². The zero-order valence-electron chi connectivity index (χ0n) is 82.4. The second kappa shape index (κ2) is 37.5. The smallest absolute Gasteiger partial charge is 0.260 e. The van der Waals surface area contributed by atoms with Gasteiger partial charge in [-0.15, -0.1) is 0 Å². The number of hydrogen-bond donors (Lipinski definition) is 0. The first-order chi connectivity index (χ1) is 74.3. The largest absolute Gasteiger partial charge is 0.458 e. The zero-order chi connectivity index (χ0) is 99.4. The molecule has 31 rings (SSSR count). The number of rotatable bonds is 11. The molecule has 0 aliphatic carbocycles. The minimum atomic E-state index is 0.0633. The van der Waals surface area contributed by atoms with Crippen molar-refractivity contribution in [3.8, 4) is 45.6 Å². The number of nitrogens with zero attached hydrogens (tertiary/aromatic N) is 6. The van der Waals surface area contributed by atoms with E-state index in [2.05, 4.69) is 559 Å². The number of anilines is 18. The number of fused-ring (bicyclic) bond motifs is 19. The Morgan fingerprint density at radius 2 is 0.580 bits per heavy atom. The first-order valence-corrected chi connectivity index (χ1v) is 52.4. The van der Waals surface area contributed by atoms with Crippen LogP contribution in [0.25, 0.3) is 32.7 Å². The van der Waals surface area contributed by atoms with Crippen molar-refractivity contribution in [1.29, 1.82) is 0 Å². The van der Waals surface area contributed by atoms with Crippen LogP contribution in [0.4, 0.5) is 102 Å². The molecule has 0 unspecified atom stereocenters. The Hall–Kier alpha value is -18.6. The highest BCUT2D eigenvalue weighted by Gasteiger charge is 2.48. The van der Waals surface area contributed by atoms with Crippen molar-refractivity contribution in [2.24, 2.45) is 0 Å². The van der Waals surface area contributed by atoms with Gasteiger partial charge in [-0.1, -0.05) is 356 Å². The molecule has 704 valence electrons. The summed E-state index contributed by atoms with van der Waals surface area (Å²) in [6.07, 6.45) is 0. The molecule has 0 fully saturated rings. The molecule has 8 aliphatic heterocycles. The van der Waals surface area contributed by atoms with Crippen LogP contribution < -0.4 is 109 Å². The highest BCUT2D eigenvalue weighted by Crippen LogP contribution is 2.52. The van der Waals surface area contributed by atoms with Crippen molar-refractivity contribution >= 4 is 228 Å². The Morgan fingerprint density at radius 1 is 0.200 bits per heavy atom. The minimum Gasteiger partial charge on any atom is -0.458 e. The lowest BCUT2D eigenvalue weighted by Crippen LogP contribution is -2.61. The second-order valence-electron chi connectivity index (χ2n) is 39.2. The molecule has 0 bridgehead atoms. The molecule has 0 spiro atoms. The van der Waals surface area contributed by atoms with E-state index in [1.165, 1.54) is 160 Å². The van der Waals surface area contributed by atoms with Gasteiger partial charge in [0.05, 0.1) is 5.69 Å². The van der Waals surface area contributed by atoms with Gasteiger partial charge in [-0.2, -0.15) is 0 Å². The lowest BCUT2D eigenvalue weighted by molar-refractivity contribution is 0.465. The lowest BCUT2D eigenvalue weighted by atomic mass is 9.33. The van der Waals surface area contributed by atoms with Crippen molar-refractivity contribution in [2.75, 3.05) is 29.4 Å². The Balaban J connectivity index is 0.0000000990. The maximum absolute atomic E-state index is 6.60. The molecule has 150 heavy (non-hydrogen) atoms. The summed E-state index contributed by atoms with van der Waals surface area (Å²) in [5, 5.41) is 4.92. The predicted octanol–water partition coefficient (Wildman–Crippen LogP) is 28.3. The molecule has 0 aromatic heterocycles.